The Labute approximate surface area is 125 Å². The third kappa shape index (κ3) is 4.43. The molecule has 1 saturated carbocycles. The van der Waals surface area contributed by atoms with Crippen molar-refractivity contribution < 1.29 is 14.3 Å². The van der Waals surface area contributed by atoms with Gasteiger partial charge in [-0.1, -0.05) is 12.8 Å². The topological polar surface area (TPSA) is 52.6 Å². The van der Waals surface area contributed by atoms with Gasteiger partial charge in [0.05, 0.1) is 5.60 Å². The lowest BCUT2D eigenvalue weighted by Gasteiger charge is -2.26. The van der Waals surface area contributed by atoms with Crippen LogP contribution in [0.15, 0.2) is 18.2 Å². The maximum absolute atomic E-state index is 13.3. The Balaban J connectivity index is 1.87. The van der Waals surface area contributed by atoms with Crippen LogP contribution in [0.1, 0.15) is 37.7 Å². The first-order valence-electron chi connectivity index (χ1n) is 7.40. The van der Waals surface area contributed by atoms with Crippen LogP contribution < -0.4 is 5.32 Å². The highest BCUT2D eigenvalue weighted by molar-refractivity contribution is 5.89. The molecule has 0 bridgehead atoms. The molecule has 1 aliphatic carbocycles. The van der Waals surface area contributed by atoms with Crippen LogP contribution in [0.2, 0.25) is 0 Å². The maximum atomic E-state index is 13.3. The third-order valence-corrected chi connectivity index (χ3v) is 4.09. The molecule has 1 aliphatic rings. The number of halogens is 1. The van der Waals surface area contributed by atoms with E-state index in [2.05, 4.69) is 5.32 Å². The van der Waals surface area contributed by atoms with E-state index >= 15 is 0 Å². The van der Waals surface area contributed by atoms with E-state index in [-0.39, 0.29) is 11.8 Å². The summed E-state index contributed by atoms with van der Waals surface area (Å²) in [6.45, 7) is 2.26. The van der Waals surface area contributed by atoms with Gasteiger partial charge in [0.15, 0.2) is 0 Å². The lowest BCUT2D eigenvalue weighted by Crippen LogP contribution is -2.36. The second-order valence-electron chi connectivity index (χ2n) is 6.05. The van der Waals surface area contributed by atoms with E-state index in [0.717, 1.165) is 31.2 Å². The van der Waals surface area contributed by atoms with Gasteiger partial charge in [-0.3, -0.25) is 0 Å². The van der Waals surface area contributed by atoms with Crippen LogP contribution in [0, 0.1) is 12.7 Å². The number of nitrogens with one attached hydrogen (secondary N) is 1. The summed E-state index contributed by atoms with van der Waals surface area (Å²) in [7, 11) is 1.68. The summed E-state index contributed by atoms with van der Waals surface area (Å²) in [5, 5.41) is 13.0. The first-order chi connectivity index (χ1) is 9.88. The Kier molecular flexibility index (Phi) is 4.83. The number of carbonyl (C=O) groups excluding carboxylic acids is 1. The Hall–Kier alpha value is -1.62. The van der Waals surface area contributed by atoms with Gasteiger partial charge in [-0.05, 0) is 49.9 Å². The van der Waals surface area contributed by atoms with Gasteiger partial charge >= 0.3 is 6.03 Å². The fourth-order valence-electron chi connectivity index (χ4n) is 2.79. The van der Waals surface area contributed by atoms with Gasteiger partial charge in [0.25, 0.3) is 0 Å². The second kappa shape index (κ2) is 6.43. The summed E-state index contributed by atoms with van der Waals surface area (Å²) in [5.41, 5.74) is 0.585. The fraction of sp³-hybridized carbons (Fsp3) is 0.562. The summed E-state index contributed by atoms with van der Waals surface area (Å²) in [6, 6.07) is 4.14. The Morgan fingerprint density at radius 2 is 2.05 bits per heavy atom. The summed E-state index contributed by atoms with van der Waals surface area (Å²) in [4.78, 5) is 13.6. The predicted octanol–water partition coefficient (Wildman–Crippen LogP) is 3.29. The molecule has 2 amide bonds. The summed E-state index contributed by atoms with van der Waals surface area (Å²) < 4.78 is 13.3. The molecule has 116 valence electrons. The van der Waals surface area contributed by atoms with Gasteiger partial charge in [-0.15, -0.1) is 0 Å². The lowest BCUT2D eigenvalue weighted by molar-refractivity contribution is 0.0335. The standard InChI is InChI=1S/C16H23FN2O2/c1-12-9-13(17)11-14(10-12)18-15(20)19(2)8-7-16(21)5-3-4-6-16/h9-11,21H,3-8H2,1-2H3,(H,18,20). The molecule has 2 N–H and O–H groups in total. The molecule has 0 radical (unpaired) electrons. The van der Waals surface area contributed by atoms with Crippen LogP contribution in [0.25, 0.3) is 0 Å². The Bertz CT molecular complexity index is 493. The van der Waals surface area contributed by atoms with Crippen LogP contribution in [-0.4, -0.2) is 35.2 Å². The minimum absolute atomic E-state index is 0.290. The van der Waals surface area contributed by atoms with E-state index in [4.69, 9.17) is 0 Å². The van der Waals surface area contributed by atoms with Crippen molar-refractivity contribution in [3.63, 3.8) is 0 Å². The predicted molar refractivity (Wildman–Crippen MR) is 80.8 cm³/mol. The van der Waals surface area contributed by atoms with Gasteiger partial charge in [0.1, 0.15) is 5.82 Å². The van der Waals surface area contributed by atoms with Gasteiger partial charge in [0, 0.05) is 19.3 Å². The number of carbonyl (C=O) groups is 1. The maximum Gasteiger partial charge on any atom is 0.321 e. The largest absolute Gasteiger partial charge is 0.390 e. The first-order valence-corrected chi connectivity index (χ1v) is 7.40. The van der Waals surface area contributed by atoms with Crippen molar-refractivity contribution in [2.75, 3.05) is 18.9 Å². The molecule has 1 fully saturated rings. The zero-order valence-corrected chi connectivity index (χ0v) is 12.7. The van der Waals surface area contributed by atoms with E-state index in [1.165, 1.54) is 17.0 Å². The van der Waals surface area contributed by atoms with Crippen LogP contribution in [0.3, 0.4) is 0 Å². The highest BCUT2D eigenvalue weighted by Crippen LogP contribution is 2.32. The summed E-state index contributed by atoms with van der Waals surface area (Å²) in [5.74, 6) is -0.367. The molecule has 0 unspecified atom stereocenters. The van der Waals surface area contributed by atoms with Crippen molar-refractivity contribution in [1.82, 2.24) is 4.90 Å². The number of urea groups is 1. The van der Waals surface area contributed by atoms with Crippen LogP contribution in [0.5, 0.6) is 0 Å². The van der Waals surface area contributed by atoms with E-state index in [1.54, 1.807) is 20.0 Å². The molecular formula is C16H23FN2O2. The molecule has 0 saturated heterocycles. The molecule has 2 rings (SSSR count). The van der Waals surface area contributed by atoms with Gasteiger partial charge in [0.2, 0.25) is 0 Å². The zero-order valence-electron chi connectivity index (χ0n) is 12.7. The quantitative estimate of drug-likeness (QED) is 0.895. The average molecular weight is 294 g/mol. The number of hydrogen-bond acceptors (Lipinski definition) is 2. The lowest BCUT2D eigenvalue weighted by atomic mass is 9.98. The minimum Gasteiger partial charge on any atom is -0.390 e. The molecule has 1 aromatic carbocycles. The van der Waals surface area contributed by atoms with Crippen molar-refractivity contribution in [1.29, 1.82) is 0 Å². The molecule has 21 heavy (non-hydrogen) atoms. The van der Waals surface area contributed by atoms with E-state index in [1.807, 2.05) is 0 Å². The Morgan fingerprint density at radius 1 is 1.38 bits per heavy atom. The number of anilines is 1. The fourth-order valence-corrected chi connectivity index (χ4v) is 2.79. The number of nitrogens with zero attached hydrogens (tertiary/aromatic N) is 1. The van der Waals surface area contributed by atoms with Crippen molar-refractivity contribution >= 4 is 11.7 Å². The molecule has 0 spiro atoms. The smallest absolute Gasteiger partial charge is 0.321 e. The highest BCUT2D eigenvalue weighted by Gasteiger charge is 2.31. The molecule has 1 aromatic rings. The number of amides is 2. The van der Waals surface area contributed by atoms with E-state index in [0.29, 0.717) is 18.7 Å². The number of benzene rings is 1. The molecule has 0 atom stereocenters. The highest BCUT2D eigenvalue weighted by atomic mass is 19.1. The van der Waals surface area contributed by atoms with Gasteiger partial charge < -0.3 is 15.3 Å². The van der Waals surface area contributed by atoms with Crippen LogP contribution >= 0.6 is 0 Å². The molecular weight excluding hydrogens is 271 g/mol. The molecule has 0 heterocycles. The van der Waals surface area contributed by atoms with Crippen LogP contribution in [0.4, 0.5) is 14.9 Å². The monoisotopic (exact) mass is 294 g/mol. The molecule has 0 aliphatic heterocycles. The Morgan fingerprint density at radius 3 is 2.67 bits per heavy atom. The number of aryl methyl sites for hydroxylation is 1. The summed E-state index contributed by atoms with van der Waals surface area (Å²) in [6.07, 6.45) is 4.31. The molecule has 5 heteroatoms. The van der Waals surface area contributed by atoms with Gasteiger partial charge in [-0.25, -0.2) is 9.18 Å². The summed E-state index contributed by atoms with van der Waals surface area (Å²) >= 11 is 0. The molecule has 4 nitrogen and oxygen atoms in total. The first kappa shape index (κ1) is 15.8. The number of aliphatic hydroxyl groups is 1. The second-order valence-corrected chi connectivity index (χ2v) is 6.05. The van der Waals surface area contributed by atoms with Crippen LogP contribution in [-0.2, 0) is 0 Å². The van der Waals surface area contributed by atoms with Crippen molar-refractivity contribution in [3.05, 3.63) is 29.6 Å². The SMILES string of the molecule is Cc1cc(F)cc(NC(=O)N(C)CCC2(O)CCCC2)c1. The zero-order chi connectivity index (χ0) is 15.5. The number of rotatable bonds is 4. The third-order valence-electron chi connectivity index (χ3n) is 4.09. The minimum atomic E-state index is -0.621. The average Bonchev–Trinajstić information content (AvgIpc) is 2.82. The normalized spacial score (nSPS) is 16.8. The number of hydrogen-bond donors (Lipinski definition) is 2. The van der Waals surface area contributed by atoms with E-state index in [9.17, 15) is 14.3 Å². The van der Waals surface area contributed by atoms with Gasteiger partial charge in [-0.2, -0.15) is 0 Å². The van der Waals surface area contributed by atoms with Crippen molar-refractivity contribution in [2.24, 2.45) is 0 Å². The van der Waals surface area contributed by atoms with E-state index < -0.39 is 5.60 Å². The van der Waals surface area contributed by atoms with Crippen molar-refractivity contribution in [2.45, 2.75) is 44.6 Å². The van der Waals surface area contributed by atoms with Crippen molar-refractivity contribution in [3.8, 4) is 0 Å². The molecule has 0 aromatic heterocycles.